The Morgan fingerprint density at radius 1 is 0.677 bits per heavy atom. The number of anilines is 2. The number of benzene rings is 4. The van der Waals surface area contributed by atoms with Crippen molar-refractivity contribution in [3.8, 4) is 0 Å². The van der Waals surface area contributed by atoms with Gasteiger partial charge in [0.25, 0.3) is 0 Å². The molecule has 0 heterocycles. The number of hydrogen-bond acceptors (Lipinski definition) is 2. The number of nitrogens with zero attached hydrogens (tertiary/aromatic N) is 1. The van der Waals surface area contributed by atoms with Gasteiger partial charge < -0.3 is 4.90 Å². The third-order valence-corrected chi connectivity index (χ3v) is 6.15. The Kier molecular flexibility index (Phi) is 6.81. The summed E-state index contributed by atoms with van der Waals surface area (Å²) in [4.78, 5) is 3.46. The second kappa shape index (κ2) is 9.91. The highest BCUT2D eigenvalue weighted by Gasteiger charge is 2.17. The fraction of sp³-hybridized carbons (Fsp3) is 0.0714. The van der Waals surface area contributed by atoms with Gasteiger partial charge in [-0.3, -0.25) is 0 Å². The van der Waals surface area contributed by atoms with Crippen molar-refractivity contribution in [1.29, 1.82) is 0 Å². The first-order valence-corrected chi connectivity index (χ1v) is 11.5. The van der Waals surface area contributed by atoms with E-state index in [-0.39, 0.29) is 0 Å². The molecule has 0 N–H and O–H groups in total. The van der Waals surface area contributed by atoms with E-state index in [4.69, 9.17) is 11.6 Å². The van der Waals surface area contributed by atoms with Gasteiger partial charge in [0.1, 0.15) is 0 Å². The zero-order valence-corrected chi connectivity index (χ0v) is 19.2. The van der Waals surface area contributed by atoms with Gasteiger partial charge in [-0.05, 0) is 67.9 Å². The van der Waals surface area contributed by atoms with Crippen LogP contribution >= 0.6 is 23.4 Å². The monoisotopic (exact) mass is 441 g/mol. The predicted molar refractivity (Wildman–Crippen MR) is 136 cm³/mol. The summed E-state index contributed by atoms with van der Waals surface area (Å²) in [6.07, 6.45) is 0. The Balaban J connectivity index is 1.84. The van der Waals surface area contributed by atoms with Crippen LogP contribution in [0.5, 0.6) is 0 Å². The van der Waals surface area contributed by atoms with E-state index in [1.54, 1.807) is 11.8 Å². The number of hydrogen-bond donors (Lipinski definition) is 0. The Morgan fingerprint density at radius 3 is 1.71 bits per heavy atom. The van der Waals surface area contributed by atoms with E-state index in [1.165, 1.54) is 11.1 Å². The average molecular weight is 442 g/mol. The SMILES string of the molecule is Cc1ccc(N(/C(=C\Sc2ccc(Cl)cc2)c2ccccc2)c2ccc(C)cc2)cc1. The van der Waals surface area contributed by atoms with Gasteiger partial charge in [-0.1, -0.05) is 89.1 Å². The Morgan fingerprint density at radius 2 is 1.19 bits per heavy atom. The van der Waals surface area contributed by atoms with Crippen LogP contribution in [0.3, 0.4) is 0 Å². The van der Waals surface area contributed by atoms with Gasteiger partial charge in [0.15, 0.2) is 0 Å². The van der Waals surface area contributed by atoms with Gasteiger partial charge in [-0.2, -0.15) is 0 Å². The lowest BCUT2D eigenvalue weighted by Crippen LogP contribution is -2.15. The quantitative estimate of drug-likeness (QED) is 0.275. The summed E-state index contributed by atoms with van der Waals surface area (Å²) < 4.78 is 0. The van der Waals surface area contributed by atoms with Crippen molar-refractivity contribution < 1.29 is 0 Å². The Hall–Kier alpha value is -2.94. The Labute approximate surface area is 194 Å². The highest BCUT2D eigenvalue weighted by atomic mass is 35.5. The molecule has 0 radical (unpaired) electrons. The summed E-state index contributed by atoms with van der Waals surface area (Å²) in [6, 6.07) is 35.8. The minimum Gasteiger partial charge on any atom is -0.309 e. The molecule has 0 saturated carbocycles. The Bertz CT molecular complexity index is 1100. The molecule has 154 valence electrons. The van der Waals surface area contributed by atoms with Gasteiger partial charge in [0.05, 0.1) is 5.70 Å². The first kappa shape index (κ1) is 21.3. The normalized spacial score (nSPS) is 11.4. The van der Waals surface area contributed by atoms with Gasteiger partial charge >= 0.3 is 0 Å². The molecular formula is C28H24ClNS. The maximum absolute atomic E-state index is 6.07. The molecule has 4 aromatic carbocycles. The molecule has 3 heteroatoms. The van der Waals surface area contributed by atoms with Crippen LogP contribution in [0.25, 0.3) is 5.70 Å². The van der Waals surface area contributed by atoms with Crippen LogP contribution < -0.4 is 4.90 Å². The van der Waals surface area contributed by atoms with E-state index in [0.717, 1.165) is 32.6 Å². The molecule has 0 aliphatic rings. The molecule has 0 spiro atoms. The lowest BCUT2D eigenvalue weighted by molar-refractivity contribution is 1.28. The fourth-order valence-corrected chi connectivity index (χ4v) is 4.22. The summed E-state index contributed by atoms with van der Waals surface area (Å²) in [5.41, 5.74) is 7.02. The molecule has 0 bridgehead atoms. The van der Waals surface area contributed by atoms with E-state index in [2.05, 4.69) is 103 Å². The van der Waals surface area contributed by atoms with Crippen LogP contribution in [0.15, 0.2) is 113 Å². The first-order chi connectivity index (χ1) is 15.1. The summed E-state index contributed by atoms with van der Waals surface area (Å²) in [7, 11) is 0. The summed E-state index contributed by atoms with van der Waals surface area (Å²) in [5, 5.41) is 2.97. The highest BCUT2D eigenvalue weighted by molar-refractivity contribution is 8.02. The molecule has 0 amide bonds. The number of thioether (sulfide) groups is 1. The van der Waals surface area contributed by atoms with Crippen molar-refractivity contribution in [2.75, 3.05) is 4.90 Å². The summed E-state index contributed by atoms with van der Waals surface area (Å²) >= 11 is 7.77. The van der Waals surface area contributed by atoms with E-state index in [1.807, 2.05) is 24.3 Å². The highest BCUT2D eigenvalue weighted by Crippen LogP contribution is 2.37. The van der Waals surface area contributed by atoms with Crippen LogP contribution in [0, 0.1) is 13.8 Å². The van der Waals surface area contributed by atoms with Crippen LogP contribution in [-0.2, 0) is 0 Å². The summed E-state index contributed by atoms with van der Waals surface area (Å²) in [6.45, 7) is 4.23. The smallest absolute Gasteiger partial charge is 0.0600 e. The molecule has 0 unspecified atom stereocenters. The van der Waals surface area contributed by atoms with Crippen molar-refractivity contribution in [1.82, 2.24) is 0 Å². The molecular weight excluding hydrogens is 418 g/mol. The first-order valence-electron chi connectivity index (χ1n) is 10.2. The van der Waals surface area contributed by atoms with E-state index in [0.29, 0.717) is 0 Å². The lowest BCUT2D eigenvalue weighted by atomic mass is 10.1. The van der Waals surface area contributed by atoms with E-state index >= 15 is 0 Å². The van der Waals surface area contributed by atoms with Crippen molar-refractivity contribution >= 4 is 40.4 Å². The van der Waals surface area contributed by atoms with Crippen LogP contribution in [-0.4, -0.2) is 0 Å². The predicted octanol–water partition coefficient (Wildman–Crippen LogP) is 8.89. The van der Waals surface area contributed by atoms with Crippen LogP contribution in [0.4, 0.5) is 11.4 Å². The zero-order chi connectivity index (χ0) is 21.6. The van der Waals surface area contributed by atoms with Gasteiger partial charge in [-0.25, -0.2) is 0 Å². The molecule has 4 rings (SSSR count). The third-order valence-electron chi connectivity index (χ3n) is 5.02. The average Bonchev–Trinajstić information content (AvgIpc) is 2.80. The van der Waals surface area contributed by atoms with Crippen molar-refractivity contribution in [2.24, 2.45) is 0 Å². The molecule has 31 heavy (non-hydrogen) atoms. The van der Waals surface area contributed by atoms with Gasteiger partial charge in [0, 0.05) is 26.7 Å². The van der Waals surface area contributed by atoms with Crippen LogP contribution in [0.1, 0.15) is 16.7 Å². The molecule has 0 aromatic heterocycles. The van der Waals surface area contributed by atoms with Crippen molar-refractivity contribution in [3.63, 3.8) is 0 Å². The zero-order valence-electron chi connectivity index (χ0n) is 17.6. The topological polar surface area (TPSA) is 3.24 Å². The fourth-order valence-electron chi connectivity index (χ4n) is 3.31. The molecule has 0 atom stereocenters. The second-order valence-corrected chi connectivity index (χ2v) is 8.83. The van der Waals surface area contributed by atoms with E-state index < -0.39 is 0 Å². The number of rotatable bonds is 6. The number of aryl methyl sites for hydroxylation is 2. The molecule has 0 aliphatic heterocycles. The van der Waals surface area contributed by atoms with Crippen molar-refractivity contribution in [2.45, 2.75) is 18.7 Å². The maximum Gasteiger partial charge on any atom is 0.0600 e. The molecule has 4 aromatic rings. The largest absolute Gasteiger partial charge is 0.309 e. The van der Waals surface area contributed by atoms with E-state index in [9.17, 15) is 0 Å². The molecule has 0 saturated heterocycles. The molecule has 0 fully saturated rings. The van der Waals surface area contributed by atoms with Gasteiger partial charge in [-0.15, -0.1) is 0 Å². The summed E-state index contributed by atoms with van der Waals surface area (Å²) in [5.74, 6) is 0. The minimum absolute atomic E-state index is 0.748. The van der Waals surface area contributed by atoms with Crippen molar-refractivity contribution in [3.05, 3.63) is 130 Å². The second-order valence-electron chi connectivity index (χ2n) is 7.45. The minimum atomic E-state index is 0.748. The number of halogens is 1. The molecule has 0 aliphatic carbocycles. The molecule has 1 nitrogen and oxygen atoms in total. The maximum atomic E-state index is 6.07. The van der Waals surface area contributed by atoms with Crippen LogP contribution in [0.2, 0.25) is 5.02 Å². The lowest BCUT2D eigenvalue weighted by Gasteiger charge is -2.28. The van der Waals surface area contributed by atoms with Gasteiger partial charge in [0.2, 0.25) is 0 Å². The standard InChI is InChI=1S/C28H24ClNS/c1-21-8-14-25(15-9-21)30(26-16-10-22(2)11-17-26)28(23-6-4-3-5-7-23)20-31-27-18-12-24(29)13-19-27/h3-20H,1-2H3/b28-20-. The third kappa shape index (κ3) is 5.41.